The van der Waals surface area contributed by atoms with Gasteiger partial charge in [-0.15, -0.1) is 0 Å². The molecule has 2 aromatic carbocycles. The van der Waals surface area contributed by atoms with Gasteiger partial charge in [0.25, 0.3) is 0 Å². The molecule has 3 rings (SSSR count). The number of nitrogens with zero attached hydrogens (tertiary/aromatic N) is 2. The number of anilines is 1. The van der Waals surface area contributed by atoms with E-state index in [-0.39, 0.29) is 18.0 Å². The highest BCUT2D eigenvalue weighted by Gasteiger charge is 2.73. The molecule has 1 heterocycles. The molecule has 0 radical (unpaired) electrons. The van der Waals surface area contributed by atoms with Gasteiger partial charge in [-0.2, -0.15) is 26.3 Å². The van der Waals surface area contributed by atoms with Gasteiger partial charge < -0.3 is 5.32 Å². The molecule has 1 N–H and O–H groups in total. The molecule has 11 heteroatoms. The van der Waals surface area contributed by atoms with E-state index in [1.165, 1.54) is 6.33 Å². The summed E-state index contributed by atoms with van der Waals surface area (Å²) in [6.07, 6.45) is -10.9. The van der Waals surface area contributed by atoms with Crippen LogP contribution in [-0.4, -0.2) is 28.4 Å². The second-order valence-corrected chi connectivity index (χ2v) is 7.36. The Balaban J connectivity index is 1.85. The number of nitrogens with one attached hydrogen (secondary N) is 1. The summed E-state index contributed by atoms with van der Waals surface area (Å²) in [4.78, 5) is 8.28. The molecule has 0 fully saturated rings. The van der Waals surface area contributed by atoms with Crippen molar-refractivity contribution < 1.29 is 30.7 Å². The molecular weight excluding hydrogens is 451 g/mol. The van der Waals surface area contributed by atoms with E-state index in [4.69, 9.17) is 11.6 Å². The minimum atomic E-state index is -6.20. The fourth-order valence-corrected chi connectivity index (χ4v) is 3.41. The van der Waals surface area contributed by atoms with Gasteiger partial charge in [0.05, 0.1) is 5.52 Å². The molecule has 0 aliphatic heterocycles. The molecule has 1 unspecified atom stereocenters. The maximum absolute atomic E-state index is 14.2. The predicted octanol–water partition coefficient (Wildman–Crippen LogP) is 6.62. The van der Waals surface area contributed by atoms with Crippen LogP contribution in [0.1, 0.15) is 18.1 Å². The summed E-state index contributed by atoms with van der Waals surface area (Å²) in [5, 5.41) is 3.43. The molecule has 0 bridgehead atoms. The van der Waals surface area contributed by atoms with E-state index >= 15 is 0 Å². The number of rotatable bonds is 5. The summed E-state index contributed by atoms with van der Waals surface area (Å²) in [5.41, 5.74) is -6.21. The normalized spacial score (nSPS) is 14.0. The number of fused-ring (bicyclic) bond motifs is 1. The first kappa shape index (κ1) is 23.1. The number of para-hydroxylation sites is 1. The van der Waals surface area contributed by atoms with E-state index in [1.54, 1.807) is 31.2 Å². The van der Waals surface area contributed by atoms with Crippen LogP contribution < -0.4 is 5.32 Å². The van der Waals surface area contributed by atoms with Crippen LogP contribution in [0.2, 0.25) is 5.02 Å². The number of benzene rings is 2. The molecule has 0 amide bonds. The van der Waals surface area contributed by atoms with Crippen LogP contribution in [0.3, 0.4) is 0 Å². The Morgan fingerprint density at radius 2 is 1.58 bits per heavy atom. The van der Waals surface area contributed by atoms with Crippen molar-refractivity contribution in [2.24, 2.45) is 0 Å². The van der Waals surface area contributed by atoms with Crippen molar-refractivity contribution in [1.82, 2.24) is 9.97 Å². The third kappa shape index (κ3) is 4.39. The smallest absolute Gasteiger partial charge is 0.367 e. The summed E-state index contributed by atoms with van der Waals surface area (Å²) in [5.74, 6) is 0.503. The van der Waals surface area contributed by atoms with Crippen LogP contribution in [-0.2, 0) is 12.1 Å². The van der Waals surface area contributed by atoms with Gasteiger partial charge >= 0.3 is 18.0 Å². The number of halogens is 8. The molecule has 0 saturated heterocycles. The third-order valence-electron chi connectivity index (χ3n) is 4.68. The van der Waals surface area contributed by atoms with Crippen LogP contribution in [0.4, 0.5) is 36.6 Å². The molecule has 0 aliphatic carbocycles. The quantitative estimate of drug-likeness (QED) is 0.430. The van der Waals surface area contributed by atoms with Crippen LogP contribution in [0.25, 0.3) is 10.9 Å². The zero-order valence-corrected chi connectivity index (χ0v) is 16.6. The van der Waals surface area contributed by atoms with Crippen molar-refractivity contribution in [3.8, 4) is 0 Å². The largest absolute Gasteiger partial charge is 0.435 e. The lowest BCUT2D eigenvalue weighted by atomic mass is 9.92. The van der Waals surface area contributed by atoms with E-state index in [2.05, 4.69) is 15.3 Å². The number of hydrogen-bond donors (Lipinski definition) is 1. The summed E-state index contributed by atoms with van der Waals surface area (Å²) in [6, 6.07) is 8.59. The minimum absolute atomic E-state index is 0.134. The molecule has 31 heavy (non-hydrogen) atoms. The Morgan fingerprint density at radius 1 is 0.935 bits per heavy atom. The Hall–Kier alpha value is -2.62. The number of aromatic nitrogens is 2. The second-order valence-electron chi connectivity index (χ2n) is 6.95. The first-order valence-electron chi connectivity index (χ1n) is 8.92. The average Bonchev–Trinajstić information content (AvgIpc) is 2.67. The van der Waals surface area contributed by atoms with Crippen molar-refractivity contribution in [2.45, 2.75) is 37.4 Å². The lowest BCUT2D eigenvalue weighted by Gasteiger charge is -2.30. The number of alkyl halides is 7. The Kier molecular flexibility index (Phi) is 6.05. The lowest BCUT2D eigenvalue weighted by Crippen LogP contribution is -2.50. The van der Waals surface area contributed by atoms with Crippen LogP contribution >= 0.6 is 11.6 Å². The molecule has 0 aliphatic rings. The van der Waals surface area contributed by atoms with Crippen molar-refractivity contribution in [1.29, 1.82) is 0 Å². The van der Waals surface area contributed by atoms with Gasteiger partial charge in [-0.1, -0.05) is 35.9 Å². The molecule has 0 spiro atoms. The molecule has 1 atom stereocenters. The van der Waals surface area contributed by atoms with Crippen molar-refractivity contribution in [2.75, 3.05) is 5.32 Å². The fourth-order valence-electron chi connectivity index (χ4n) is 3.15. The van der Waals surface area contributed by atoms with Gasteiger partial charge in [0, 0.05) is 22.0 Å². The summed E-state index contributed by atoms with van der Waals surface area (Å²) in [7, 11) is 0. The van der Waals surface area contributed by atoms with Crippen molar-refractivity contribution in [3.05, 3.63) is 64.9 Å². The Morgan fingerprint density at radius 3 is 2.19 bits per heavy atom. The SMILES string of the molecule is CC(Cc1ccc(C(F)(C(F)(F)F)C(F)(F)F)cc1Cl)Nc1ncnc2ccccc12. The average molecular weight is 466 g/mol. The van der Waals surface area contributed by atoms with Crippen LogP contribution in [0.5, 0.6) is 0 Å². The first-order chi connectivity index (χ1) is 14.3. The van der Waals surface area contributed by atoms with Crippen LogP contribution in [0.15, 0.2) is 48.8 Å². The highest BCUT2D eigenvalue weighted by molar-refractivity contribution is 6.31. The lowest BCUT2D eigenvalue weighted by molar-refractivity contribution is -0.348. The molecule has 166 valence electrons. The van der Waals surface area contributed by atoms with Gasteiger partial charge in [0.2, 0.25) is 0 Å². The number of hydrogen-bond acceptors (Lipinski definition) is 3. The van der Waals surface area contributed by atoms with Crippen molar-refractivity contribution >= 4 is 28.3 Å². The summed E-state index contributed by atoms with van der Waals surface area (Å²) in [6.45, 7) is 1.73. The third-order valence-corrected chi connectivity index (χ3v) is 5.04. The van der Waals surface area contributed by atoms with Gasteiger partial charge in [0.15, 0.2) is 0 Å². The maximum atomic E-state index is 14.2. The van der Waals surface area contributed by atoms with Gasteiger partial charge in [0.1, 0.15) is 12.1 Å². The van der Waals surface area contributed by atoms with Gasteiger partial charge in [-0.05, 0) is 37.1 Å². The monoisotopic (exact) mass is 465 g/mol. The predicted molar refractivity (Wildman–Crippen MR) is 103 cm³/mol. The van der Waals surface area contributed by atoms with Crippen molar-refractivity contribution in [3.63, 3.8) is 0 Å². The van der Waals surface area contributed by atoms with E-state index in [9.17, 15) is 30.7 Å². The zero-order chi connectivity index (χ0) is 23.0. The molecule has 0 saturated carbocycles. The Labute approximate surface area is 177 Å². The molecule has 3 aromatic rings. The minimum Gasteiger partial charge on any atom is -0.367 e. The van der Waals surface area contributed by atoms with Crippen LogP contribution in [0, 0.1) is 0 Å². The highest BCUT2D eigenvalue weighted by atomic mass is 35.5. The molecule has 1 aromatic heterocycles. The van der Waals surface area contributed by atoms with E-state index < -0.39 is 28.6 Å². The Bertz CT molecular complexity index is 1060. The first-order valence-corrected chi connectivity index (χ1v) is 9.30. The maximum Gasteiger partial charge on any atom is 0.435 e. The zero-order valence-electron chi connectivity index (χ0n) is 15.8. The van der Waals surface area contributed by atoms with E-state index in [1.807, 2.05) is 0 Å². The van der Waals surface area contributed by atoms with E-state index in [0.717, 1.165) is 11.5 Å². The van der Waals surface area contributed by atoms with Gasteiger partial charge in [-0.3, -0.25) is 0 Å². The summed E-state index contributed by atoms with van der Waals surface area (Å²) >= 11 is 5.92. The summed E-state index contributed by atoms with van der Waals surface area (Å²) < 4.78 is 91.8. The highest BCUT2D eigenvalue weighted by Crippen LogP contribution is 2.53. The van der Waals surface area contributed by atoms with Gasteiger partial charge in [-0.25, -0.2) is 14.4 Å². The fraction of sp³-hybridized carbons (Fsp3) is 0.300. The standard InChI is InChI=1S/C20H15ClF7N3/c1-11(31-17-14-4-2-3-5-16(14)29-10-30-17)8-12-6-7-13(9-15(12)21)18(22,19(23,24)25)20(26,27)28/h2-7,9-11H,8H2,1H3,(H,29,30,31). The topological polar surface area (TPSA) is 37.8 Å². The molecule has 3 nitrogen and oxygen atoms in total. The second kappa shape index (κ2) is 8.14. The molecular formula is C20H15ClF7N3. The van der Waals surface area contributed by atoms with E-state index in [0.29, 0.717) is 23.5 Å².